The van der Waals surface area contributed by atoms with Gasteiger partial charge in [-0.05, 0) is 18.1 Å². The number of sulfonamides is 1. The van der Waals surface area contributed by atoms with Crippen molar-refractivity contribution < 1.29 is 13.2 Å². The summed E-state index contributed by atoms with van der Waals surface area (Å²) < 4.78 is 31.6. The topological polar surface area (TPSA) is 72.6 Å². The van der Waals surface area contributed by atoms with Gasteiger partial charge in [-0.15, -0.1) is 0 Å². The van der Waals surface area contributed by atoms with Crippen LogP contribution in [0.25, 0.3) is 0 Å². The molecule has 0 amide bonds. The normalized spacial score (nSPS) is 13.7. The van der Waals surface area contributed by atoms with Crippen molar-refractivity contribution in [3.05, 3.63) is 35.4 Å². The lowest BCUT2D eigenvalue weighted by atomic mass is 10.1. The fourth-order valence-electron chi connectivity index (χ4n) is 2.28. The van der Waals surface area contributed by atoms with E-state index in [1.54, 1.807) is 7.11 Å². The highest BCUT2D eigenvalue weighted by molar-refractivity contribution is 7.88. The van der Waals surface area contributed by atoms with Gasteiger partial charge >= 0.3 is 0 Å². The Labute approximate surface area is 121 Å². The number of hydrogen-bond acceptors (Lipinski definition) is 4. The Morgan fingerprint density at radius 2 is 1.90 bits per heavy atom. The summed E-state index contributed by atoms with van der Waals surface area (Å²) in [6.45, 7) is 4.83. The van der Waals surface area contributed by atoms with Crippen molar-refractivity contribution >= 4 is 10.0 Å². The Bertz CT molecular complexity index is 517. The van der Waals surface area contributed by atoms with Gasteiger partial charge < -0.3 is 10.5 Å². The van der Waals surface area contributed by atoms with Gasteiger partial charge in [-0.3, -0.25) is 0 Å². The Kier molecular flexibility index (Phi) is 6.61. The van der Waals surface area contributed by atoms with E-state index < -0.39 is 10.0 Å². The summed E-state index contributed by atoms with van der Waals surface area (Å²) in [5, 5.41) is 0. The SMILES string of the molecule is CCN(C(C)COC)S(=O)(=O)Cc1ccccc1CN. The third-order valence-electron chi connectivity index (χ3n) is 3.24. The lowest BCUT2D eigenvalue weighted by molar-refractivity contribution is 0.142. The van der Waals surface area contributed by atoms with Crippen molar-refractivity contribution in [3.63, 3.8) is 0 Å². The molecule has 0 aliphatic rings. The molecule has 0 spiro atoms. The summed E-state index contributed by atoms with van der Waals surface area (Å²) in [5.41, 5.74) is 7.29. The third-order valence-corrected chi connectivity index (χ3v) is 5.25. The molecule has 0 saturated carbocycles. The van der Waals surface area contributed by atoms with E-state index >= 15 is 0 Å². The molecule has 2 N–H and O–H groups in total. The van der Waals surface area contributed by atoms with Crippen LogP contribution in [0.3, 0.4) is 0 Å². The molecule has 114 valence electrons. The van der Waals surface area contributed by atoms with Crippen molar-refractivity contribution in [3.8, 4) is 0 Å². The predicted molar refractivity (Wildman–Crippen MR) is 80.7 cm³/mol. The zero-order chi connectivity index (χ0) is 15.2. The van der Waals surface area contributed by atoms with Crippen LogP contribution in [0.5, 0.6) is 0 Å². The first kappa shape index (κ1) is 17.1. The van der Waals surface area contributed by atoms with Crippen molar-refractivity contribution in [1.82, 2.24) is 4.31 Å². The van der Waals surface area contributed by atoms with Gasteiger partial charge in [0.1, 0.15) is 0 Å². The van der Waals surface area contributed by atoms with Crippen LogP contribution in [-0.4, -0.2) is 39.0 Å². The van der Waals surface area contributed by atoms with E-state index in [1.165, 1.54) is 4.31 Å². The summed E-state index contributed by atoms with van der Waals surface area (Å²) in [7, 11) is -1.81. The summed E-state index contributed by atoms with van der Waals surface area (Å²) in [6, 6.07) is 7.19. The van der Waals surface area contributed by atoms with Gasteiger partial charge in [-0.1, -0.05) is 31.2 Å². The minimum Gasteiger partial charge on any atom is -0.383 e. The quantitative estimate of drug-likeness (QED) is 0.786. The van der Waals surface area contributed by atoms with Gasteiger partial charge in [-0.25, -0.2) is 8.42 Å². The standard InChI is InChI=1S/C14H24N2O3S/c1-4-16(12(2)10-19-3)20(17,18)11-14-8-6-5-7-13(14)9-15/h5-8,12H,4,9-11,15H2,1-3H3. The van der Waals surface area contributed by atoms with Crippen LogP contribution in [0.4, 0.5) is 0 Å². The minimum atomic E-state index is -3.38. The molecule has 1 aromatic rings. The van der Waals surface area contributed by atoms with E-state index in [1.807, 2.05) is 38.1 Å². The van der Waals surface area contributed by atoms with E-state index in [0.717, 1.165) is 11.1 Å². The number of nitrogens with zero attached hydrogens (tertiary/aromatic N) is 1. The van der Waals surface area contributed by atoms with Crippen LogP contribution in [-0.2, 0) is 27.1 Å². The maximum absolute atomic E-state index is 12.5. The zero-order valence-corrected chi connectivity index (χ0v) is 13.2. The second-order valence-electron chi connectivity index (χ2n) is 4.74. The summed E-state index contributed by atoms with van der Waals surface area (Å²) in [4.78, 5) is 0. The molecule has 1 atom stereocenters. The van der Waals surface area contributed by atoms with E-state index in [0.29, 0.717) is 19.7 Å². The summed E-state index contributed by atoms with van der Waals surface area (Å²) >= 11 is 0. The lowest BCUT2D eigenvalue weighted by Crippen LogP contribution is -2.41. The van der Waals surface area contributed by atoms with Crippen LogP contribution in [0.1, 0.15) is 25.0 Å². The number of methoxy groups -OCH3 is 1. The van der Waals surface area contributed by atoms with E-state index in [9.17, 15) is 8.42 Å². The van der Waals surface area contributed by atoms with Crippen LogP contribution in [0, 0.1) is 0 Å². The van der Waals surface area contributed by atoms with Crippen LogP contribution in [0.15, 0.2) is 24.3 Å². The number of rotatable bonds is 8. The molecule has 0 heterocycles. The van der Waals surface area contributed by atoms with Crippen molar-refractivity contribution in [1.29, 1.82) is 0 Å². The lowest BCUT2D eigenvalue weighted by Gasteiger charge is -2.27. The molecule has 0 aromatic heterocycles. The monoisotopic (exact) mass is 300 g/mol. The average Bonchev–Trinajstić information content (AvgIpc) is 2.39. The van der Waals surface area contributed by atoms with Gasteiger partial charge in [0.05, 0.1) is 12.4 Å². The first-order valence-corrected chi connectivity index (χ1v) is 8.32. The minimum absolute atomic E-state index is 0.0255. The highest BCUT2D eigenvalue weighted by atomic mass is 32.2. The number of ether oxygens (including phenoxy) is 1. The highest BCUT2D eigenvalue weighted by Crippen LogP contribution is 2.17. The predicted octanol–water partition coefficient (Wildman–Crippen LogP) is 1.33. The van der Waals surface area contributed by atoms with Gasteiger partial charge in [0.25, 0.3) is 0 Å². The molecular weight excluding hydrogens is 276 g/mol. The van der Waals surface area contributed by atoms with E-state index in [2.05, 4.69) is 0 Å². The number of benzene rings is 1. The second-order valence-corrected chi connectivity index (χ2v) is 6.66. The molecule has 1 unspecified atom stereocenters. The maximum atomic E-state index is 12.5. The van der Waals surface area contributed by atoms with Crippen LogP contribution in [0.2, 0.25) is 0 Å². The molecule has 1 rings (SSSR count). The molecule has 0 aliphatic heterocycles. The Morgan fingerprint density at radius 3 is 2.40 bits per heavy atom. The molecule has 5 nitrogen and oxygen atoms in total. The Morgan fingerprint density at radius 1 is 1.30 bits per heavy atom. The maximum Gasteiger partial charge on any atom is 0.218 e. The average molecular weight is 300 g/mol. The smallest absolute Gasteiger partial charge is 0.218 e. The van der Waals surface area contributed by atoms with Crippen molar-refractivity contribution in [2.75, 3.05) is 20.3 Å². The van der Waals surface area contributed by atoms with E-state index in [4.69, 9.17) is 10.5 Å². The van der Waals surface area contributed by atoms with Crippen molar-refractivity contribution in [2.45, 2.75) is 32.2 Å². The van der Waals surface area contributed by atoms with Crippen LogP contribution < -0.4 is 5.73 Å². The second kappa shape index (κ2) is 7.73. The Balaban J connectivity index is 2.98. The highest BCUT2D eigenvalue weighted by Gasteiger charge is 2.26. The molecule has 6 heteroatoms. The fraction of sp³-hybridized carbons (Fsp3) is 0.571. The molecule has 0 aliphatic carbocycles. The number of likely N-dealkylation sites (N-methyl/N-ethyl adjacent to an activating group) is 1. The molecular formula is C14H24N2O3S. The van der Waals surface area contributed by atoms with Gasteiger partial charge in [0.2, 0.25) is 10.0 Å². The van der Waals surface area contributed by atoms with E-state index in [-0.39, 0.29) is 11.8 Å². The van der Waals surface area contributed by atoms with Crippen molar-refractivity contribution in [2.24, 2.45) is 5.73 Å². The molecule has 20 heavy (non-hydrogen) atoms. The summed E-state index contributed by atoms with van der Waals surface area (Å²) in [6.07, 6.45) is 0. The third kappa shape index (κ3) is 4.28. The summed E-state index contributed by atoms with van der Waals surface area (Å²) in [5.74, 6) is -0.0255. The fourth-order valence-corrected chi connectivity index (χ4v) is 4.13. The van der Waals surface area contributed by atoms with Gasteiger partial charge in [0.15, 0.2) is 0 Å². The first-order valence-electron chi connectivity index (χ1n) is 6.71. The van der Waals surface area contributed by atoms with Gasteiger partial charge in [-0.2, -0.15) is 4.31 Å². The molecule has 0 fully saturated rings. The number of nitrogens with two attached hydrogens (primary N) is 1. The zero-order valence-electron chi connectivity index (χ0n) is 12.4. The largest absolute Gasteiger partial charge is 0.383 e. The molecule has 0 saturated heterocycles. The van der Waals surface area contributed by atoms with Gasteiger partial charge in [0, 0.05) is 26.2 Å². The Hall–Kier alpha value is -0.950. The number of hydrogen-bond donors (Lipinski definition) is 1. The molecule has 1 aromatic carbocycles. The first-order chi connectivity index (χ1) is 9.46. The van der Waals surface area contributed by atoms with Crippen LogP contribution >= 0.6 is 0 Å². The molecule has 0 bridgehead atoms. The molecule has 0 radical (unpaired) electrons.